The number of benzene rings is 7. The summed E-state index contributed by atoms with van der Waals surface area (Å²) in [4.78, 5) is 9.86. The van der Waals surface area contributed by atoms with Crippen molar-refractivity contribution in [3.63, 3.8) is 0 Å². The van der Waals surface area contributed by atoms with Crippen LogP contribution in [0.1, 0.15) is 52.7 Å². The second kappa shape index (κ2) is 16.8. The van der Waals surface area contributed by atoms with Gasteiger partial charge in [0.15, 0.2) is 0 Å². The van der Waals surface area contributed by atoms with Crippen LogP contribution in [0.3, 0.4) is 0 Å². The van der Waals surface area contributed by atoms with Crippen molar-refractivity contribution < 1.29 is 25.8 Å². The molecule has 10 aromatic rings. The molecule has 0 aliphatic carbocycles. The van der Waals surface area contributed by atoms with Crippen LogP contribution in [0.2, 0.25) is 0 Å². The standard InChI is InChI=1S/C58H47N4OTe.Pt/c1-57(2,3)40-27-30-50-47(33-40)46-29-28-43(35-53(46)62(50)54-36-48(58(4,5)6)56-49(59-54)31-32-64-56)63-42-22-15-21-41(34-42)60-37-61(52-26-14-13-25-51(52)60)55-44(38-17-9-7-10-18-38)23-16-24-45(55)39-19-11-8-12-20-39;/h7-33,36-37H,1-6H3;/q-3;. The SMILES string of the molecule is CC(C)(C)c1ccc2c(c1)c1ccc(Oc3[c-]c(N4[CH-]N(c5c(-c6ccccc6)cccc5-c5ccccc5)c5ccccc54)ccc3)[c-]c1n2-c1cc(C(C)(C)C)c2[te]ccc2n1.[Pt]. The number of aromatic nitrogens is 2. The van der Waals surface area contributed by atoms with Crippen LogP contribution in [0.5, 0.6) is 11.5 Å². The van der Waals surface area contributed by atoms with Gasteiger partial charge in [0.2, 0.25) is 0 Å². The van der Waals surface area contributed by atoms with Crippen molar-refractivity contribution in [1.29, 1.82) is 0 Å². The Morgan fingerprint density at radius 3 is 1.91 bits per heavy atom. The third-order valence-electron chi connectivity index (χ3n) is 12.3. The van der Waals surface area contributed by atoms with Crippen LogP contribution in [-0.4, -0.2) is 30.0 Å². The zero-order valence-electron chi connectivity index (χ0n) is 37.2. The summed E-state index contributed by atoms with van der Waals surface area (Å²) in [6.45, 7) is 15.9. The number of pyridine rings is 1. The van der Waals surface area contributed by atoms with Gasteiger partial charge in [-0.25, -0.2) is 0 Å². The molecular formula is C58H47N4OPtTe-3. The van der Waals surface area contributed by atoms with Crippen molar-refractivity contribution in [2.75, 3.05) is 9.80 Å². The van der Waals surface area contributed by atoms with Gasteiger partial charge in [-0.1, -0.05) is 91.0 Å². The van der Waals surface area contributed by atoms with E-state index in [1.165, 1.54) is 19.9 Å². The fourth-order valence-electron chi connectivity index (χ4n) is 9.04. The Balaban J connectivity index is 0.00000498. The minimum atomic E-state index is -0.413. The second-order valence-corrected chi connectivity index (χ2v) is 21.2. The number of fused-ring (bicyclic) bond motifs is 5. The quantitative estimate of drug-likeness (QED) is 0.118. The Morgan fingerprint density at radius 2 is 1.23 bits per heavy atom. The zero-order valence-corrected chi connectivity index (χ0v) is 41.8. The first-order valence-electron chi connectivity index (χ1n) is 21.9. The molecule has 0 fully saturated rings. The predicted molar refractivity (Wildman–Crippen MR) is 267 cm³/mol. The number of para-hydroxylation sites is 3. The van der Waals surface area contributed by atoms with Gasteiger partial charge in [-0.2, -0.15) is 0 Å². The van der Waals surface area contributed by atoms with E-state index in [1.54, 1.807) is 0 Å². The molecule has 5 nitrogen and oxygen atoms in total. The summed E-state index contributed by atoms with van der Waals surface area (Å²) < 4.78 is 12.8. The van der Waals surface area contributed by atoms with Gasteiger partial charge in [0.25, 0.3) is 0 Å². The van der Waals surface area contributed by atoms with E-state index < -0.39 is 20.4 Å². The molecule has 1 aliphatic rings. The molecule has 0 saturated carbocycles. The van der Waals surface area contributed by atoms with Crippen molar-refractivity contribution in [3.05, 3.63) is 198 Å². The number of anilines is 4. The van der Waals surface area contributed by atoms with Gasteiger partial charge >= 0.3 is 223 Å². The summed E-state index contributed by atoms with van der Waals surface area (Å²) in [5.74, 6) is 2.12. The molecule has 0 radical (unpaired) electrons. The van der Waals surface area contributed by atoms with E-state index >= 15 is 0 Å². The van der Waals surface area contributed by atoms with Crippen LogP contribution >= 0.6 is 0 Å². The first-order valence-corrected chi connectivity index (χ1v) is 24.4. The fraction of sp³-hybridized carbons (Fsp3) is 0.138. The maximum Gasteiger partial charge on any atom is 0 e. The molecule has 3 aromatic heterocycles. The molecule has 0 saturated heterocycles. The Hall–Kier alpha value is -5.89. The monoisotopic (exact) mass is 1140 g/mol. The van der Waals surface area contributed by atoms with Gasteiger partial charge in [-0.15, -0.1) is 12.7 Å². The van der Waals surface area contributed by atoms with Crippen molar-refractivity contribution in [2.24, 2.45) is 0 Å². The van der Waals surface area contributed by atoms with Crippen LogP contribution in [0.4, 0.5) is 22.7 Å². The summed E-state index contributed by atoms with van der Waals surface area (Å²) in [5, 5.41) is 2.30. The summed E-state index contributed by atoms with van der Waals surface area (Å²) >= 11 is -0.413. The van der Waals surface area contributed by atoms with Crippen LogP contribution in [0.15, 0.2) is 168 Å². The molecule has 0 N–H and O–H groups in total. The van der Waals surface area contributed by atoms with Crippen molar-refractivity contribution in [3.8, 4) is 39.6 Å². The van der Waals surface area contributed by atoms with Crippen LogP contribution < -0.4 is 14.5 Å². The summed E-state index contributed by atoms with van der Waals surface area (Å²) in [6.07, 6.45) is 0. The largest absolute Gasteiger partial charge is 0 e. The Bertz CT molecular complexity index is 3320. The van der Waals surface area contributed by atoms with Crippen LogP contribution in [0, 0.1) is 18.8 Å². The molecule has 0 bridgehead atoms. The molecule has 0 amide bonds. The zero-order chi connectivity index (χ0) is 43.7. The number of nitrogens with zero attached hydrogens (tertiary/aromatic N) is 4. The van der Waals surface area contributed by atoms with Gasteiger partial charge < -0.3 is 9.80 Å². The Morgan fingerprint density at radius 1 is 0.585 bits per heavy atom. The molecule has 7 heteroatoms. The minimum absolute atomic E-state index is 0. The van der Waals surface area contributed by atoms with Crippen molar-refractivity contribution in [2.45, 2.75) is 52.4 Å². The molecular weight excluding hydrogens is 1090 g/mol. The summed E-state index contributed by atoms with van der Waals surface area (Å²) in [7, 11) is 0. The van der Waals surface area contributed by atoms with E-state index in [9.17, 15) is 0 Å². The van der Waals surface area contributed by atoms with Gasteiger partial charge in [0.1, 0.15) is 0 Å². The second-order valence-electron chi connectivity index (χ2n) is 18.6. The summed E-state index contributed by atoms with van der Waals surface area (Å²) in [5.41, 5.74) is 14.5. The predicted octanol–water partition coefficient (Wildman–Crippen LogP) is 15.1. The first-order chi connectivity index (χ1) is 31.0. The van der Waals surface area contributed by atoms with E-state index in [-0.39, 0.29) is 31.9 Å². The van der Waals surface area contributed by atoms with Gasteiger partial charge in [0, 0.05) is 49.3 Å². The van der Waals surface area contributed by atoms with Crippen LogP contribution in [-0.2, 0) is 31.9 Å². The number of hydrogen-bond donors (Lipinski definition) is 0. The molecule has 1 aliphatic heterocycles. The van der Waals surface area contributed by atoms with Gasteiger partial charge in [0.05, 0.1) is 0 Å². The average molecular weight is 1140 g/mol. The molecule has 324 valence electrons. The Labute approximate surface area is 405 Å². The van der Waals surface area contributed by atoms with Crippen LogP contribution in [0.25, 0.3) is 58.8 Å². The van der Waals surface area contributed by atoms with Gasteiger partial charge in [-0.05, 0) is 23.3 Å². The number of rotatable bonds is 7. The van der Waals surface area contributed by atoms with E-state index in [1.807, 2.05) is 18.2 Å². The van der Waals surface area contributed by atoms with Crippen molar-refractivity contribution >= 4 is 73.9 Å². The maximum atomic E-state index is 6.75. The molecule has 65 heavy (non-hydrogen) atoms. The third-order valence-corrected chi connectivity index (χ3v) is 14.9. The van der Waals surface area contributed by atoms with Crippen molar-refractivity contribution in [1.82, 2.24) is 9.55 Å². The van der Waals surface area contributed by atoms with Gasteiger partial charge in [-0.3, -0.25) is 0 Å². The number of ether oxygens (including phenoxy) is 1. The molecule has 0 spiro atoms. The fourth-order valence-corrected chi connectivity index (χ4v) is 12.1. The third kappa shape index (κ3) is 7.80. The Kier molecular flexibility index (Phi) is 11.1. The summed E-state index contributed by atoms with van der Waals surface area (Å²) in [6, 6.07) is 65.5. The van der Waals surface area contributed by atoms with E-state index in [0.717, 1.165) is 72.8 Å². The van der Waals surface area contributed by atoms with E-state index in [0.29, 0.717) is 11.5 Å². The van der Waals surface area contributed by atoms with E-state index in [4.69, 9.17) is 9.72 Å². The number of hydrogen-bond acceptors (Lipinski definition) is 4. The molecule has 4 heterocycles. The minimum Gasteiger partial charge on any atom is 0 e. The van der Waals surface area contributed by atoms with E-state index in [2.05, 4.69) is 224 Å². The molecule has 11 rings (SSSR count). The normalized spacial score (nSPS) is 12.8. The maximum absolute atomic E-state index is 6.75. The molecule has 0 unspecified atom stereocenters. The topological polar surface area (TPSA) is 33.5 Å². The average Bonchev–Trinajstić information content (AvgIpc) is 4.02. The first kappa shape index (κ1) is 43.0. The molecule has 7 aromatic carbocycles. The smallest absolute Gasteiger partial charge is 0 e. The molecule has 0 atom stereocenters.